The molecule has 0 aromatic heterocycles. The molecule has 0 saturated heterocycles. The molecule has 0 spiro atoms. The van der Waals surface area contributed by atoms with Gasteiger partial charge in [0.25, 0.3) is 0 Å². The second-order valence-electron chi connectivity index (χ2n) is 2.56. The third kappa shape index (κ3) is 6.56. The summed E-state index contributed by atoms with van der Waals surface area (Å²) < 4.78 is 4.24. The van der Waals surface area contributed by atoms with Crippen LogP contribution in [0, 0.1) is 0 Å². The standard InChI is InChI=1S/C9H11NO3.2C2H6/c1-10-8-5-3-2-4-7(8)9(12)13-6-11;2*1-2/h4-6,10H,2-3H2,1H3;2*1-2H3. The van der Waals surface area contributed by atoms with Crippen molar-refractivity contribution in [3.63, 3.8) is 0 Å². The van der Waals surface area contributed by atoms with Crippen molar-refractivity contribution in [1.29, 1.82) is 0 Å². The second-order valence-corrected chi connectivity index (χ2v) is 2.56. The van der Waals surface area contributed by atoms with Gasteiger partial charge in [-0.1, -0.05) is 39.8 Å². The van der Waals surface area contributed by atoms with Gasteiger partial charge in [0.15, 0.2) is 0 Å². The Balaban J connectivity index is 0. The molecule has 0 fully saturated rings. The summed E-state index contributed by atoms with van der Waals surface area (Å²) in [7, 11) is 1.72. The molecule has 0 atom stereocenters. The Morgan fingerprint density at radius 3 is 2.24 bits per heavy atom. The van der Waals surface area contributed by atoms with Gasteiger partial charge in [-0.05, 0) is 12.8 Å². The average Bonchev–Trinajstić information content (AvgIpc) is 2.43. The molecule has 0 aromatic rings. The Morgan fingerprint density at radius 1 is 1.24 bits per heavy atom. The second kappa shape index (κ2) is 12.5. The van der Waals surface area contributed by atoms with Crippen molar-refractivity contribution in [2.75, 3.05) is 7.05 Å². The van der Waals surface area contributed by atoms with Gasteiger partial charge < -0.3 is 10.1 Å². The molecule has 1 rings (SSSR count). The normalized spacial score (nSPS) is 12.5. The quantitative estimate of drug-likeness (QED) is 0.469. The van der Waals surface area contributed by atoms with E-state index >= 15 is 0 Å². The van der Waals surface area contributed by atoms with Crippen LogP contribution in [0.3, 0.4) is 0 Å². The SMILES string of the molecule is CC.CC.CNC1=CCCC=C1C(=O)OC=O. The monoisotopic (exact) mass is 241 g/mol. The number of ether oxygens (including phenoxy) is 1. The van der Waals surface area contributed by atoms with E-state index in [1.54, 1.807) is 13.1 Å². The molecule has 0 heterocycles. The van der Waals surface area contributed by atoms with Crippen molar-refractivity contribution >= 4 is 12.4 Å². The van der Waals surface area contributed by atoms with E-state index in [1.807, 2.05) is 33.8 Å². The topological polar surface area (TPSA) is 55.4 Å². The summed E-state index contributed by atoms with van der Waals surface area (Å²) in [5.74, 6) is -0.602. The van der Waals surface area contributed by atoms with Gasteiger partial charge >= 0.3 is 12.4 Å². The zero-order valence-electron chi connectivity index (χ0n) is 11.4. The maximum Gasteiger partial charge on any atom is 0.347 e. The zero-order chi connectivity index (χ0) is 13.7. The number of hydrogen-bond acceptors (Lipinski definition) is 4. The molecule has 1 aliphatic carbocycles. The molecular weight excluding hydrogens is 218 g/mol. The fraction of sp³-hybridized carbons (Fsp3) is 0.538. The fourth-order valence-corrected chi connectivity index (χ4v) is 1.21. The lowest BCUT2D eigenvalue weighted by molar-refractivity contribution is -0.147. The lowest BCUT2D eigenvalue weighted by atomic mass is 10.0. The van der Waals surface area contributed by atoms with Gasteiger partial charge in [0, 0.05) is 12.7 Å². The Labute approximate surface area is 104 Å². The van der Waals surface area contributed by atoms with Crippen LogP contribution in [0.25, 0.3) is 0 Å². The van der Waals surface area contributed by atoms with Crippen LogP contribution in [0.4, 0.5) is 0 Å². The van der Waals surface area contributed by atoms with Crippen molar-refractivity contribution < 1.29 is 14.3 Å². The van der Waals surface area contributed by atoms with Gasteiger partial charge in [0.1, 0.15) is 0 Å². The van der Waals surface area contributed by atoms with Crippen molar-refractivity contribution in [3.8, 4) is 0 Å². The maximum absolute atomic E-state index is 11.2. The van der Waals surface area contributed by atoms with Gasteiger partial charge in [-0.15, -0.1) is 0 Å². The summed E-state index contributed by atoms with van der Waals surface area (Å²) in [6.45, 7) is 8.14. The number of hydrogen-bond donors (Lipinski definition) is 1. The summed E-state index contributed by atoms with van der Waals surface area (Å²) >= 11 is 0. The first kappa shape index (κ1) is 17.8. The van der Waals surface area contributed by atoms with Crippen molar-refractivity contribution in [3.05, 3.63) is 23.4 Å². The number of rotatable bonds is 3. The molecule has 1 N–H and O–H groups in total. The molecule has 4 nitrogen and oxygen atoms in total. The van der Waals surface area contributed by atoms with Crippen LogP contribution in [0.1, 0.15) is 40.5 Å². The average molecular weight is 241 g/mol. The van der Waals surface area contributed by atoms with Crippen molar-refractivity contribution in [1.82, 2.24) is 5.32 Å². The van der Waals surface area contributed by atoms with Crippen LogP contribution in [-0.2, 0) is 14.3 Å². The van der Waals surface area contributed by atoms with Crippen LogP contribution in [0.15, 0.2) is 23.4 Å². The molecule has 98 valence electrons. The lowest BCUT2D eigenvalue weighted by Crippen LogP contribution is -2.18. The largest absolute Gasteiger partial charge is 0.392 e. The highest BCUT2D eigenvalue weighted by atomic mass is 16.6. The van der Waals surface area contributed by atoms with E-state index in [0.717, 1.165) is 18.5 Å². The van der Waals surface area contributed by atoms with Crippen LogP contribution in [0.2, 0.25) is 0 Å². The molecule has 1 aliphatic rings. The van der Waals surface area contributed by atoms with E-state index in [-0.39, 0.29) is 6.47 Å². The minimum Gasteiger partial charge on any atom is -0.392 e. The molecule has 0 saturated carbocycles. The van der Waals surface area contributed by atoms with Crippen molar-refractivity contribution in [2.24, 2.45) is 0 Å². The number of esters is 1. The number of likely N-dealkylation sites (N-methyl/N-ethyl adjacent to an activating group) is 1. The summed E-state index contributed by atoms with van der Waals surface area (Å²) in [5.41, 5.74) is 1.15. The molecule has 0 unspecified atom stereocenters. The molecular formula is C13H23NO3. The predicted octanol–water partition coefficient (Wildman–Crippen LogP) is 2.56. The van der Waals surface area contributed by atoms with E-state index < -0.39 is 5.97 Å². The van der Waals surface area contributed by atoms with E-state index in [2.05, 4.69) is 10.1 Å². The molecule has 0 aromatic carbocycles. The zero-order valence-corrected chi connectivity index (χ0v) is 11.4. The summed E-state index contributed by atoms with van der Waals surface area (Å²) in [4.78, 5) is 21.1. The van der Waals surface area contributed by atoms with Crippen molar-refractivity contribution in [2.45, 2.75) is 40.5 Å². The number of allylic oxidation sites excluding steroid dienone is 2. The maximum atomic E-state index is 11.2. The molecule has 0 aliphatic heterocycles. The van der Waals surface area contributed by atoms with Gasteiger partial charge in [0.05, 0.1) is 5.57 Å². The fourth-order valence-electron chi connectivity index (χ4n) is 1.21. The highest BCUT2D eigenvalue weighted by molar-refractivity contribution is 5.96. The highest BCUT2D eigenvalue weighted by Gasteiger charge is 2.16. The Kier molecular flexibility index (Phi) is 13.1. The molecule has 4 heteroatoms. The minimum absolute atomic E-state index is 0.144. The number of carbonyl (C=O) groups is 2. The highest BCUT2D eigenvalue weighted by Crippen LogP contribution is 2.16. The van der Waals surface area contributed by atoms with Crippen LogP contribution < -0.4 is 5.32 Å². The smallest absolute Gasteiger partial charge is 0.347 e. The Hall–Kier alpha value is -1.58. The third-order valence-electron chi connectivity index (χ3n) is 1.80. The molecule has 0 amide bonds. The summed E-state index contributed by atoms with van der Waals surface area (Å²) in [5, 5.41) is 2.87. The third-order valence-corrected chi connectivity index (χ3v) is 1.80. The Bertz CT molecular complexity index is 280. The predicted molar refractivity (Wildman–Crippen MR) is 69.3 cm³/mol. The van der Waals surface area contributed by atoms with Gasteiger partial charge in [0.2, 0.25) is 0 Å². The van der Waals surface area contributed by atoms with Gasteiger partial charge in [-0.2, -0.15) is 0 Å². The summed E-state index contributed by atoms with van der Waals surface area (Å²) in [6.07, 6.45) is 5.36. The molecule has 17 heavy (non-hydrogen) atoms. The lowest BCUT2D eigenvalue weighted by Gasteiger charge is -2.12. The molecule has 0 radical (unpaired) electrons. The van der Waals surface area contributed by atoms with E-state index in [4.69, 9.17) is 0 Å². The van der Waals surface area contributed by atoms with Gasteiger partial charge in [-0.3, -0.25) is 4.79 Å². The van der Waals surface area contributed by atoms with Gasteiger partial charge in [-0.25, -0.2) is 4.79 Å². The van der Waals surface area contributed by atoms with E-state index in [9.17, 15) is 9.59 Å². The molecule has 0 bridgehead atoms. The summed E-state index contributed by atoms with van der Waals surface area (Å²) in [6, 6.07) is 0. The first-order valence-electron chi connectivity index (χ1n) is 6.02. The van der Waals surface area contributed by atoms with Crippen LogP contribution in [-0.4, -0.2) is 19.5 Å². The van der Waals surface area contributed by atoms with Crippen LogP contribution >= 0.6 is 0 Å². The minimum atomic E-state index is -0.602. The Morgan fingerprint density at radius 2 is 1.76 bits per heavy atom. The van der Waals surface area contributed by atoms with E-state index in [1.165, 1.54) is 0 Å². The van der Waals surface area contributed by atoms with Crippen LogP contribution in [0.5, 0.6) is 0 Å². The first-order valence-corrected chi connectivity index (χ1v) is 6.02. The number of carbonyl (C=O) groups excluding carboxylic acids is 2. The first-order chi connectivity index (χ1) is 8.29. The number of nitrogens with one attached hydrogen (secondary N) is 1. The van der Waals surface area contributed by atoms with E-state index in [0.29, 0.717) is 5.57 Å².